The zero-order valence-electron chi connectivity index (χ0n) is 8.99. The second-order valence-electron chi connectivity index (χ2n) is 1.94. The predicted molar refractivity (Wildman–Crippen MR) is 48.3 cm³/mol. The van der Waals surface area contributed by atoms with Gasteiger partial charge in [0.05, 0.1) is 0 Å². The molecule has 0 saturated heterocycles. The van der Waals surface area contributed by atoms with Crippen LogP contribution in [0.15, 0.2) is 0 Å². The molecule has 0 saturated carbocycles. The van der Waals surface area contributed by atoms with E-state index in [0.717, 1.165) is 13.8 Å². The van der Waals surface area contributed by atoms with E-state index in [9.17, 15) is 0 Å². The number of carboxylic acid groups (broad SMARTS) is 2. The zero-order chi connectivity index (χ0) is 13.0. The van der Waals surface area contributed by atoms with E-state index in [4.69, 9.17) is 42.1 Å². The number of guanidine groups is 2. The maximum Gasteiger partial charge on any atom is 2.00 e. The molecule has 7 N–H and O–H groups in total. The van der Waals surface area contributed by atoms with E-state index >= 15 is 0 Å². The van der Waals surface area contributed by atoms with Gasteiger partial charge in [-0.1, -0.05) is 0 Å². The number of carboxylic acids is 2. The van der Waals surface area contributed by atoms with Gasteiger partial charge < -0.3 is 31.3 Å². The van der Waals surface area contributed by atoms with E-state index in [1.807, 2.05) is 5.32 Å². The van der Waals surface area contributed by atoms with Crippen LogP contribution < -0.4 is 27.0 Å². The van der Waals surface area contributed by atoms with E-state index in [1.54, 1.807) is 0 Å². The minimum Gasteiger partial charge on any atom is -0.550 e. The zero-order valence-corrected chi connectivity index (χ0v) is 12.0. The van der Waals surface area contributed by atoms with Crippen molar-refractivity contribution < 1.29 is 39.3 Å². The average molecular weight is 285 g/mol. The number of carbonyl (C=O) groups is 2. The van der Waals surface area contributed by atoms with Crippen molar-refractivity contribution in [2.45, 2.75) is 13.8 Å². The third-order valence-corrected chi connectivity index (χ3v) is 0.269. The molecular weight excluding hydrogens is 271 g/mol. The molecule has 0 unspecified atom stereocenters. The molecule has 0 heterocycles. The SMILES string of the molecule is CC(=O)[O-].CC(=O)[O-].N=C(N)NC(=N)N.[Zn+2]. The quantitative estimate of drug-likeness (QED) is 0.169. The molecule has 10 heteroatoms. The van der Waals surface area contributed by atoms with Crippen molar-refractivity contribution in [2.24, 2.45) is 11.5 Å². The Balaban J connectivity index is -0.0000000700. The summed E-state index contributed by atoms with van der Waals surface area (Å²) in [7, 11) is 0. The molecule has 0 bridgehead atoms. The topological polar surface area (TPSA) is 192 Å². The van der Waals surface area contributed by atoms with Crippen molar-refractivity contribution in [3.05, 3.63) is 0 Å². The molecule has 9 nitrogen and oxygen atoms in total. The van der Waals surface area contributed by atoms with Gasteiger partial charge in [-0.25, -0.2) is 0 Å². The van der Waals surface area contributed by atoms with Crippen molar-refractivity contribution in [1.29, 1.82) is 10.8 Å². The van der Waals surface area contributed by atoms with Crippen LogP contribution in [0.2, 0.25) is 0 Å². The Morgan fingerprint density at radius 3 is 1.12 bits per heavy atom. The van der Waals surface area contributed by atoms with E-state index < -0.39 is 11.9 Å². The van der Waals surface area contributed by atoms with Crippen molar-refractivity contribution in [1.82, 2.24) is 5.32 Å². The van der Waals surface area contributed by atoms with Crippen molar-refractivity contribution in [3.8, 4) is 0 Å². The van der Waals surface area contributed by atoms with Gasteiger partial charge in [0.1, 0.15) is 0 Å². The van der Waals surface area contributed by atoms with Crippen molar-refractivity contribution >= 4 is 23.9 Å². The number of nitrogens with two attached hydrogens (primary N) is 2. The van der Waals surface area contributed by atoms with Crippen LogP contribution in [0.25, 0.3) is 0 Å². The summed E-state index contributed by atoms with van der Waals surface area (Å²) in [5.41, 5.74) is 9.49. The maximum atomic E-state index is 8.89. The fraction of sp³-hybridized carbons (Fsp3) is 0.333. The van der Waals surface area contributed by atoms with Crippen LogP contribution >= 0.6 is 0 Å². The van der Waals surface area contributed by atoms with Crippen LogP contribution in [0.5, 0.6) is 0 Å². The number of hydrogen-bond acceptors (Lipinski definition) is 6. The smallest absolute Gasteiger partial charge is 0.550 e. The predicted octanol–water partition coefficient (Wildman–Crippen LogP) is -4.13. The van der Waals surface area contributed by atoms with E-state index in [2.05, 4.69) is 0 Å². The van der Waals surface area contributed by atoms with Gasteiger partial charge in [0.15, 0.2) is 11.9 Å². The van der Waals surface area contributed by atoms with Gasteiger partial charge in [-0.05, 0) is 13.8 Å². The summed E-state index contributed by atoms with van der Waals surface area (Å²) in [4.78, 5) is 17.8. The first-order chi connectivity index (χ1) is 6.59. The van der Waals surface area contributed by atoms with Crippen LogP contribution in [0.1, 0.15) is 13.8 Å². The summed E-state index contributed by atoms with van der Waals surface area (Å²) in [5, 5.41) is 32.7. The van der Waals surface area contributed by atoms with Gasteiger partial charge in [-0.2, -0.15) is 0 Å². The van der Waals surface area contributed by atoms with Gasteiger partial charge in [-0.3, -0.25) is 16.1 Å². The third-order valence-electron chi connectivity index (χ3n) is 0.269. The summed E-state index contributed by atoms with van der Waals surface area (Å²) in [6.07, 6.45) is 0. The minimum absolute atomic E-state index is 0. The number of rotatable bonds is 0. The normalized spacial score (nSPS) is 6.38. The summed E-state index contributed by atoms with van der Waals surface area (Å²) in [6.45, 7) is 1.94. The molecule has 0 aromatic carbocycles. The first-order valence-electron chi connectivity index (χ1n) is 3.39. The van der Waals surface area contributed by atoms with E-state index in [-0.39, 0.29) is 31.4 Å². The first kappa shape index (κ1) is 23.8. The monoisotopic (exact) mass is 283 g/mol. The third kappa shape index (κ3) is 296. The summed E-state index contributed by atoms with van der Waals surface area (Å²) in [5.74, 6) is -2.79. The average Bonchev–Trinajstić information content (AvgIpc) is 1.78. The molecule has 0 aliphatic rings. The largest absolute Gasteiger partial charge is 2.00 e. The number of hydrogen-bond donors (Lipinski definition) is 5. The van der Waals surface area contributed by atoms with Crippen LogP contribution in [-0.2, 0) is 29.1 Å². The van der Waals surface area contributed by atoms with Gasteiger partial charge in [0.2, 0.25) is 0 Å². The first-order valence-corrected chi connectivity index (χ1v) is 3.39. The molecule has 16 heavy (non-hydrogen) atoms. The van der Waals surface area contributed by atoms with Gasteiger partial charge >= 0.3 is 19.5 Å². The van der Waals surface area contributed by atoms with Crippen LogP contribution in [0.4, 0.5) is 0 Å². The molecule has 0 atom stereocenters. The molecule has 0 amide bonds. The summed E-state index contributed by atoms with van der Waals surface area (Å²) in [6, 6.07) is 0. The van der Waals surface area contributed by atoms with Crippen LogP contribution in [0, 0.1) is 10.8 Å². The molecular formula is C6H13N5O4Zn. The maximum absolute atomic E-state index is 8.89. The van der Waals surface area contributed by atoms with E-state index in [0.29, 0.717) is 0 Å². The fourth-order valence-electron chi connectivity index (χ4n) is 0.145. The molecule has 0 radical (unpaired) electrons. The molecule has 0 spiro atoms. The van der Waals surface area contributed by atoms with Crippen molar-refractivity contribution in [2.75, 3.05) is 0 Å². The molecule has 0 aromatic heterocycles. The Morgan fingerprint density at radius 2 is 1.12 bits per heavy atom. The fourth-order valence-corrected chi connectivity index (χ4v) is 0.145. The number of aliphatic carboxylic acids is 2. The Labute approximate surface area is 105 Å². The molecule has 0 fully saturated rings. The Kier molecular flexibility index (Phi) is 23.5. The second kappa shape index (κ2) is 15.8. The standard InChI is InChI=1S/C2H7N5.2C2H4O2.Zn/c3-1(4)7-2(5)6;2*1-2(3)4;/h(H7,3,4,5,6,7);2*1H3,(H,3,4);/q;;;+2/p-2. The van der Waals surface area contributed by atoms with Crippen LogP contribution in [-0.4, -0.2) is 23.9 Å². The molecule has 0 rings (SSSR count). The second-order valence-corrected chi connectivity index (χ2v) is 1.94. The van der Waals surface area contributed by atoms with Gasteiger partial charge in [0.25, 0.3) is 0 Å². The minimum atomic E-state index is -1.08. The molecule has 88 valence electrons. The Morgan fingerprint density at radius 1 is 1.00 bits per heavy atom. The van der Waals surface area contributed by atoms with E-state index in [1.165, 1.54) is 0 Å². The van der Waals surface area contributed by atoms with Crippen molar-refractivity contribution in [3.63, 3.8) is 0 Å². The van der Waals surface area contributed by atoms with Crippen LogP contribution in [0.3, 0.4) is 0 Å². The summed E-state index contributed by atoms with van der Waals surface area (Å²) < 4.78 is 0. The molecule has 0 aliphatic carbocycles. The Hall–Kier alpha value is -1.70. The summed E-state index contributed by atoms with van der Waals surface area (Å²) >= 11 is 0. The number of nitrogens with one attached hydrogen (secondary N) is 3. The molecule has 0 aliphatic heterocycles. The van der Waals surface area contributed by atoms with Gasteiger partial charge in [-0.15, -0.1) is 0 Å². The molecule has 0 aromatic rings. The Bertz CT molecular complexity index is 213. The number of carbonyl (C=O) groups excluding carboxylic acids is 2. The van der Waals surface area contributed by atoms with Gasteiger partial charge in [0, 0.05) is 11.9 Å².